The third kappa shape index (κ3) is 4.05. The van der Waals surface area contributed by atoms with Crippen LogP contribution in [0.15, 0.2) is 128 Å². The lowest BCUT2D eigenvalue weighted by molar-refractivity contribution is 0.581. The molecular formula is C42H36N2. The van der Waals surface area contributed by atoms with Gasteiger partial charge in [0.15, 0.2) is 0 Å². The van der Waals surface area contributed by atoms with E-state index in [9.17, 15) is 0 Å². The molecule has 44 heavy (non-hydrogen) atoms. The van der Waals surface area contributed by atoms with Gasteiger partial charge in [-0.3, -0.25) is 4.98 Å². The molecule has 0 aliphatic heterocycles. The molecule has 0 atom stereocenters. The lowest BCUT2D eigenvalue weighted by atomic mass is 9.80. The van der Waals surface area contributed by atoms with Gasteiger partial charge in [0.25, 0.3) is 0 Å². The summed E-state index contributed by atoms with van der Waals surface area (Å²) in [4.78, 5) is 5.10. The minimum absolute atomic E-state index is 0.0462. The van der Waals surface area contributed by atoms with Crippen molar-refractivity contribution in [3.63, 3.8) is 0 Å². The van der Waals surface area contributed by atoms with E-state index in [2.05, 4.69) is 167 Å². The van der Waals surface area contributed by atoms with Gasteiger partial charge in [-0.2, -0.15) is 0 Å². The highest BCUT2D eigenvalue weighted by molar-refractivity contribution is 6.11. The van der Waals surface area contributed by atoms with E-state index in [4.69, 9.17) is 4.98 Å². The van der Waals surface area contributed by atoms with Crippen LogP contribution in [0.5, 0.6) is 0 Å². The number of pyridine rings is 1. The van der Waals surface area contributed by atoms with Crippen molar-refractivity contribution in [3.8, 4) is 39.2 Å². The summed E-state index contributed by atoms with van der Waals surface area (Å²) in [7, 11) is 0. The van der Waals surface area contributed by atoms with E-state index < -0.39 is 0 Å². The zero-order chi connectivity index (χ0) is 30.2. The standard InChI is InChI=1S/C42H36N2/c1-41(2,3)31-23-37-40(43-26-31)35-24-34-33-18-12-13-19-38(33)44(39(34)25-36(35)42(37,4)5)32-21-29(27-14-8-6-9-15-27)20-30(22-32)28-16-10-7-11-17-28/h6-26H,1-5H3. The fraction of sp³-hybridized carbons (Fsp3) is 0.167. The molecule has 0 bridgehead atoms. The van der Waals surface area contributed by atoms with Crippen LogP contribution < -0.4 is 0 Å². The van der Waals surface area contributed by atoms with Crippen LogP contribution in [0.2, 0.25) is 0 Å². The van der Waals surface area contributed by atoms with Crippen LogP contribution in [0.25, 0.3) is 61.0 Å². The van der Waals surface area contributed by atoms with Crippen molar-refractivity contribution in [1.82, 2.24) is 9.55 Å². The third-order valence-corrected chi connectivity index (χ3v) is 9.56. The zero-order valence-corrected chi connectivity index (χ0v) is 26.0. The molecule has 1 aliphatic rings. The number of hydrogen-bond donors (Lipinski definition) is 0. The van der Waals surface area contributed by atoms with Gasteiger partial charge in [-0.25, -0.2) is 0 Å². The predicted octanol–water partition coefficient (Wildman–Crippen LogP) is 11.1. The summed E-state index contributed by atoms with van der Waals surface area (Å²) in [5, 5.41) is 2.52. The molecule has 0 N–H and O–H groups in total. The van der Waals surface area contributed by atoms with Crippen LogP contribution in [0.4, 0.5) is 0 Å². The number of fused-ring (bicyclic) bond motifs is 6. The van der Waals surface area contributed by atoms with E-state index in [-0.39, 0.29) is 10.8 Å². The molecule has 0 saturated carbocycles. The number of hydrogen-bond acceptors (Lipinski definition) is 1. The third-order valence-electron chi connectivity index (χ3n) is 9.56. The fourth-order valence-corrected chi connectivity index (χ4v) is 7.05. The van der Waals surface area contributed by atoms with E-state index in [0.29, 0.717) is 0 Å². The van der Waals surface area contributed by atoms with Gasteiger partial charge in [-0.1, -0.05) is 120 Å². The fourth-order valence-electron chi connectivity index (χ4n) is 7.05. The highest BCUT2D eigenvalue weighted by atomic mass is 15.0. The molecule has 2 aromatic heterocycles. The molecule has 0 saturated heterocycles. The van der Waals surface area contributed by atoms with Crippen molar-refractivity contribution in [3.05, 3.63) is 144 Å². The summed E-state index contributed by atoms with van der Waals surface area (Å²) in [5.41, 5.74) is 14.7. The average molecular weight is 569 g/mol. The zero-order valence-electron chi connectivity index (χ0n) is 26.0. The Hall–Kier alpha value is -4.95. The van der Waals surface area contributed by atoms with Gasteiger partial charge in [0.2, 0.25) is 0 Å². The maximum absolute atomic E-state index is 5.10. The van der Waals surface area contributed by atoms with Crippen LogP contribution in [0.3, 0.4) is 0 Å². The Morgan fingerprint density at radius 2 is 1.18 bits per heavy atom. The Kier molecular flexibility index (Phi) is 5.77. The molecule has 0 amide bonds. The van der Waals surface area contributed by atoms with Crippen molar-refractivity contribution in [2.24, 2.45) is 0 Å². The van der Waals surface area contributed by atoms with Crippen molar-refractivity contribution in [1.29, 1.82) is 0 Å². The van der Waals surface area contributed by atoms with Gasteiger partial charge in [0, 0.05) is 33.6 Å². The molecule has 2 nitrogen and oxygen atoms in total. The number of para-hydroxylation sites is 1. The second-order valence-electron chi connectivity index (χ2n) is 13.8. The van der Waals surface area contributed by atoms with Gasteiger partial charge in [-0.05, 0) is 80.8 Å². The molecular weight excluding hydrogens is 532 g/mol. The Morgan fingerprint density at radius 1 is 0.568 bits per heavy atom. The first-order chi connectivity index (χ1) is 21.2. The van der Waals surface area contributed by atoms with E-state index in [1.165, 1.54) is 66.3 Å². The number of aromatic nitrogens is 2. The summed E-state index contributed by atoms with van der Waals surface area (Å²) in [6, 6.07) is 44.5. The summed E-state index contributed by atoms with van der Waals surface area (Å²) < 4.78 is 2.47. The highest BCUT2D eigenvalue weighted by Gasteiger charge is 2.38. The average Bonchev–Trinajstić information content (AvgIpc) is 3.48. The number of benzene rings is 5. The second kappa shape index (κ2) is 9.53. The monoisotopic (exact) mass is 568 g/mol. The normalized spacial score (nSPS) is 13.8. The molecule has 0 unspecified atom stereocenters. The Bertz CT molecular complexity index is 2150. The SMILES string of the molecule is CC(C)(C)c1cnc2c(c1)C(C)(C)c1cc3c(cc1-2)c1ccccc1n3-c1cc(-c2ccccc2)cc(-c2ccccc2)c1. The Balaban J connectivity index is 1.42. The number of rotatable bonds is 3. The minimum Gasteiger partial charge on any atom is -0.309 e. The van der Waals surface area contributed by atoms with Crippen molar-refractivity contribution < 1.29 is 0 Å². The first kappa shape index (κ1) is 26.7. The largest absolute Gasteiger partial charge is 0.309 e. The van der Waals surface area contributed by atoms with E-state index in [1.807, 2.05) is 0 Å². The van der Waals surface area contributed by atoms with Gasteiger partial charge in [0.05, 0.1) is 16.7 Å². The smallest absolute Gasteiger partial charge is 0.0746 e. The topological polar surface area (TPSA) is 17.8 Å². The summed E-state index contributed by atoms with van der Waals surface area (Å²) in [5.74, 6) is 0. The van der Waals surface area contributed by atoms with Crippen molar-refractivity contribution in [2.45, 2.75) is 45.4 Å². The lowest BCUT2D eigenvalue weighted by Crippen LogP contribution is -2.18. The quantitative estimate of drug-likeness (QED) is 0.207. The first-order valence-corrected chi connectivity index (χ1v) is 15.6. The van der Waals surface area contributed by atoms with Gasteiger partial charge in [0.1, 0.15) is 0 Å². The minimum atomic E-state index is -0.157. The lowest BCUT2D eigenvalue weighted by Gasteiger charge is -2.24. The van der Waals surface area contributed by atoms with E-state index in [1.54, 1.807) is 0 Å². The van der Waals surface area contributed by atoms with Gasteiger partial charge in [-0.15, -0.1) is 0 Å². The van der Waals surface area contributed by atoms with Gasteiger partial charge < -0.3 is 4.57 Å². The Morgan fingerprint density at radius 3 is 1.82 bits per heavy atom. The maximum Gasteiger partial charge on any atom is 0.0746 e. The van der Waals surface area contributed by atoms with E-state index >= 15 is 0 Å². The predicted molar refractivity (Wildman–Crippen MR) is 186 cm³/mol. The van der Waals surface area contributed by atoms with Crippen LogP contribution >= 0.6 is 0 Å². The molecule has 5 aromatic carbocycles. The van der Waals surface area contributed by atoms with Crippen molar-refractivity contribution in [2.75, 3.05) is 0 Å². The molecule has 0 spiro atoms. The van der Waals surface area contributed by atoms with Crippen LogP contribution in [-0.4, -0.2) is 9.55 Å². The van der Waals surface area contributed by atoms with Crippen molar-refractivity contribution >= 4 is 21.8 Å². The molecule has 214 valence electrons. The van der Waals surface area contributed by atoms with Gasteiger partial charge >= 0.3 is 0 Å². The maximum atomic E-state index is 5.10. The summed E-state index contributed by atoms with van der Waals surface area (Å²) in [6.45, 7) is 11.5. The molecule has 2 heteroatoms. The molecule has 0 fully saturated rings. The van der Waals surface area contributed by atoms with Crippen LogP contribution in [-0.2, 0) is 10.8 Å². The second-order valence-corrected chi connectivity index (χ2v) is 13.8. The number of nitrogens with zero attached hydrogens (tertiary/aromatic N) is 2. The molecule has 2 heterocycles. The molecule has 7 aromatic rings. The van der Waals surface area contributed by atoms with Crippen LogP contribution in [0.1, 0.15) is 51.3 Å². The Labute approximate surface area is 259 Å². The van der Waals surface area contributed by atoms with Crippen LogP contribution in [0, 0.1) is 0 Å². The molecule has 0 radical (unpaired) electrons. The summed E-state index contributed by atoms with van der Waals surface area (Å²) in [6.07, 6.45) is 2.08. The summed E-state index contributed by atoms with van der Waals surface area (Å²) >= 11 is 0. The first-order valence-electron chi connectivity index (χ1n) is 15.6. The molecule has 8 rings (SSSR count). The molecule has 1 aliphatic carbocycles. The highest BCUT2D eigenvalue weighted by Crippen LogP contribution is 2.51. The van der Waals surface area contributed by atoms with E-state index in [0.717, 1.165) is 11.4 Å².